The largest absolute Gasteiger partial charge is 0.507 e. The molecular weight excluding hydrogens is 383 g/mol. The van der Waals surface area contributed by atoms with Crippen molar-refractivity contribution >= 4 is 11.6 Å². The number of nitrogens with one attached hydrogen (secondary N) is 1. The fraction of sp³-hybridized carbons (Fsp3) is 0.318. The van der Waals surface area contributed by atoms with Gasteiger partial charge in [-0.1, -0.05) is 11.6 Å². The van der Waals surface area contributed by atoms with Gasteiger partial charge in [-0.2, -0.15) is 13.2 Å². The van der Waals surface area contributed by atoms with Crippen LogP contribution in [0.5, 0.6) is 11.5 Å². The van der Waals surface area contributed by atoms with Gasteiger partial charge in [-0.15, -0.1) is 0 Å². The van der Waals surface area contributed by atoms with E-state index >= 15 is 0 Å². The molecule has 4 nitrogen and oxygen atoms in total. The van der Waals surface area contributed by atoms with Gasteiger partial charge in [-0.25, -0.2) is 0 Å². The summed E-state index contributed by atoms with van der Waals surface area (Å²) in [5.41, 5.74) is 1.16. The lowest BCUT2D eigenvalue weighted by Gasteiger charge is -2.23. The van der Waals surface area contributed by atoms with E-state index in [1.54, 1.807) is 6.92 Å². The first-order chi connectivity index (χ1) is 13.6. The average molecular weight is 405 g/mol. The molecule has 1 aliphatic carbocycles. The summed E-state index contributed by atoms with van der Waals surface area (Å²) in [6, 6.07) is 5.48. The van der Waals surface area contributed by atoms with Gasteiger partial charge in [0.25, 0.3) is 5.91 Å². The average Bonchev–Trinajstić information content (AvgIpc) is 2.61. The number of anilines is 1. The van der Waals surface area contributed by atoms with E-state index in [1.165, 1.54) is 6.07 Å². The molecule has 0 spiro atoms. The van der Waals surface area contributed by atoms with Crippen LogP contribution in [0.3, 0.4) is 0 Å². The van der Waals surface area contributed by atoms with Crippen LogP contribution >= 0.6 is 0 Å². The Bertz CT molecular complexity index is 963. The normalized spacial score (nSPS) is 17.0. The second kappa shape index (κ2) is 7.81. The van der Waals surface area contributed by atoms with Crippen molar-refractivity contribution in [1.29, 1.82) is 0 Å². The molecule has 3 rings (SSSR count). The zero-order chi connectivity index (χ0) is 21.3. The van der Waals surface area contributed by atoms with Crippen molar-refractivity contribution in [3.8, 4) is 11.5 Å². The van der Waals surface area contributed by atoms with E-state index in [0.717, 1.165) is 49.1 Å². The van der Waals surface area contributed by atoms with Gasteiger partial charge < -0.3 is 15.5 Å². The summed E-state index contributed by atoms with van der Waals surface area (Å²) < 4.78 is 38.1. The molecule has 29 heavy (non-hydrogen) atoms. The second-order valence-corrected chi connectivity index (χ2v) is 7.39. The Hall–Kier alpha value is -2.96. The van der Waals surface area contributed by atoms with Crippen molar-refractivity contribution in [2.75, 3.05) is 5.32 Å². The van der Waals surface area contributed by atoms with Gasteiger partial charge in [-0.05, 0) is 69.0 Å². The zero-order valence-corrected chi connectivity index (χ0v) is 16.1. The molecule has 7 heteroatoms. The maximum absolute atomic E-state index is 12.8. The molecule has 0 saturated heterocycles. The first kappa shape index (κ1) is 20.8. The zero-order valence-electron chi connectivity index (χ0n) is 16.1. The predicted octanol–water partition coefficient (Wildman–Crippen LogP) is 5.89. The molecule has 3 N–H and O–H groups in total. The van der Waals surface area contributed by atoms with Gasteiger partial charge >= 0.3 is 6.18 Å². The van der Waals surface area contributed by atoms with Crippen LogP contribution in [0.15, 0.2) is 42.0 Å². The number of aryl methyl sites for hydroxylation is 1. The Balaban J connectivity index is 1.93. The molecule has 0 aromatic heterocycles. The van der Waals surface area contributed by atoms with E-state index in [1.807, 2.05) is 13.0 Å². The number of hydrogen-bond acceptors (Lipinski definition) is 3. The highest BCUT2D eigenvalue weighted by Gasteiger charge is 2.30. The Morgan fingerprint density at radius 3 is 2.38 bits per heavy atom. The smallest absolute Gasteiger partial charge is 0.416 e. The second-order valence-electron chi connectivity index (χ2n) is 7.39. The number of phenols is 2. The Morgan fingerprint density at radius 2 is 1.79 bits per heavy atom. The highest BCUT2D eigenvalue weighted by Crippen LogP contribution is 2.43. The van der Waals surface area contributed by atoms with Crippen LogP contribution in [0.1, 0.15) is 59.2 Å². The van der Waals surface area contributed by atoms with Gasteiger partial charge in [0.2, 0.25) is 0 Å². The number of benzene rings is 2. The lowest BCUT2D eigenvalue weighted by molar-refractivity contribution is -0.137. The third-order valence-corrected chi connectivity index (χ3v) is 5.16. The maximum atomic E-state index is 12.8. The summed E-state index contributed by atoms with van der Waals surface area (Å²) in [6.07, 6.45) is 0.111. The van der Waals surface area contributed by atoms with Crippen molar-refractivity contribution in [3.05, 3.63) is 64.2 Å². The number of carbonyl (C=O) groups is 1. The quantitative estimate of drug-likeness (QED) is 0.558. The summed E-state index contributed by atoms with van der Waals surface area (Å²) in [5, 5.41) is 23.7. The molecule has 1 atom stereocenters. The monoisotopic (exact) mass is 405 g/mol. The van der Waals surface area contributed by atoms with Crippen LogP contribution in [0, 0.1) is 6.92 Å². The number of phenolic OH excluding ortho intramolecular Hbond substituents is 2. The summed E-state index contributed by atoms with van der Waals surface area (Å²) in [7, 11) is 0. The number of allylic oxidation sites excluding steroid dienone is 2. The Morgan fingerprint density at radius 1 is 1.14 bits per heavy atom. The number of rotatable bonds is 3. The molecule has 2 aromatic rings. The third-order valence-electron chi connectivity index (χ3n) is 5.16. The number of aromatic hydroxyl groups is 2. The molecule has 2 aromatic carbocycles. The van der Waals surface area contributed by atoms with E-state index in [9.17, 15) is 28.2 Å². The van der Waals surface area contributed by atoms with Gasteiger partial charge in [0.05, 0.1) is 11.1 Å². The first-order valence-electron chi connectivity index (χ1n) is 9.29. The van der Waals surface area contributed by atoms with Gasteiger partial charge in [-0.3, -0.25) is 4.79 Å². The third kappa shape index (κ3) is 4.39. The number of halogens is 3. The van der Waals surface area contributed by atoms with Crippen LogP contribution in [-0.4, -0.2) is 16.1 Å². The molecular formula is C22H22F3NO3. The van der Waals surface area contributed by atoms with Crippen LogP contribution in [0.25, 0.3) is 0 Å². The van der Waals surface area contributed by atoms with E-state index in [0.29, 0.717) is 11.1 Å². The molecule has 1 amide bonds. The van der Waals surface area contributed by atoms with Crippen LogP contribution < -0.4 is 5.32 Å². The van der Waals surface area contributed by atoms with Gasteiger partial charge in [0, 0.05) is 17.2 Å². The highest BCUT2D eigenvalue weighted by molar-refractivity contribution is 6.07. The van der Waals surface area contributed by atoms with E-state index in [2.05, 4.69) is 5.32 Å². The molecule has 0 saturated carbocycles. The molecule has 0 heterocycles. The van der Waals surface area contributed by atoms with Crippen molar-refractivity contribution in [2.24, 2.45) is 0 Å². The number of alkyl halides is 3. The lowest BCUT2D eigenvalue weighted by Crippen LogP contribution is -2.15. The SMILES string of the molecule is CC1=CC(c2c(O)cc(C)c(C(=O)Nc3ccc(C(F)(F)F)cc3)c2O)CCC1. The number of carbonyl (C=O) groups excluding carboxylic acids is 1. The van der Waals surface area contributed by atoms with E-state index < -0.39 is 17.6 Å². The summed E-state index contributed by atoms with van der Waals surface area (Å²) in [6.45, 7) is 3.56. The van der Waals surface area contributed by atoms with Crippen molar-refractivity contribution < 1.29 is 28.2 Å². The topological polar surface area (TPSA) is 69.6 Å². The van der Waals surface area contributed by atoms with Gasteiger partial charge in [0.1, 0.15) is 11.5 Å². The van der Waals surface area contributed by atoms with Crippen molar-refractivity contribution in [2.45, 2.75) is 45.2 Å². The lowest BCUT2D eigenvalue weighted by atomic mass is 9.83. The maximum Gasteiger partial charge on any atom is 0.416 e. The van der Waals surface area contributed by atoms with Gasteiger partial charge in [0.15, 0.2) is 0 Å². The van der Waals surface area contributed by atoms with Crippen LogP contribution in [-0.2, 0) is 6.18 Å². The molecule has 1 aliphatic rings. The van der Waals surface area contributed by atoms with Crippen LogP contribution in [0.4, 0.5) is 18.9 Å². The molecule has 0 bridgehead atoms. The van der Waals surface area contributed by atoms with Crippen molar-refractivity contribution in [3.63, 3.8) is 0 Å². The number of hydrogen-bond donors (Lipinski definition) is 3. The fourth-order valence-electron chi connectivity index (χ4n) is 3.72. The first-order valence-corrected chi connectivity index (χ1v) is 9.29. The molecule has 0 radical (unpaired) electrons. The van der Waals surface area contributed by atoms with E-state index in [4.69, 9.17) is 0 Å². The van der Waals surface area contributed by atoms with Crippen molar-refractivity contribution in [1.82, 2.24) is 0 Å². The molecule has 1 unspecified atom stereocenters. The minimum Gasteiger partial charge on any atom is -0.507 e. The van der Waals surface area contributed by atoms with E-state index in [-0.39, 0.29) is 28.7 Å². The fourth-order valence-corrected chi connectivity index (χ4v) is 3.72. The number of amides is 1. The van der Waals surface area contributed by atoms with Crippen LogP contribution in [0.2, 0.25) is 0 Å². The standard InChI is InChI=1S/C22H22F3NO3/c1-12-4-3-5-14(10-12)19-17(27)11-13(2)18(20(19)28)21(29)26-16-8-6-15(7-9-16)22(23,24)25/h6-11,14,27-28H,3-5H2,1-2H3,(H,26,29). The summed E-state index contributed by atoms with van der Waals surface area (Å²) in [4.78, 5) is 12.8. The minimum absolute atomic E-state index is 0.00526. The molecule has 0 aliphatic heterocycles. The Labute approximate surface area is 166 Å². The summed E-state index contributed by atoms with van der Waals surface area (Å²) in [5.74, 6) is -1.25. The minimum atomic E-state index is -4.46. The Kier molecular flexibility index (Phi) is 5.59. The molecule has 0 fully saturated rings. The molecule has 154 valence electrons. The predicted molar refractivity (Wildman–Crippen MR) is 104 cm³/mol. The highest BCUT2D eigenvalue weighted by atomic mass is 19.4. The summed E-state index contributed by atoms with van der Waals surface area (Å²) >= 11 is 0.